The fourth-order valence-corrected chi connectivity index (χ4v) is 2.18. The minimum Gasteiger partial charge on any atom is -0.480 e. The molecule has 8 nitrogen and oxygen atoms in total. The summed E-state index contributed by atoms with van der Waals surface area (Å²) in [5.41, 5.74) is 0. The molecule has 1 rings (SSSR count). The summed E-state index contributed by atoms with van der Waals surface area (Å²) in [4.78, 5) is 34.8. The van der Waals surface area contributed by atoms with Crippen molar-refractivity contribution in [3.8, 4) is 0 Å². The van der Waals surface area contributed by atoms with Crippen molar-refractivity contribution in [2.45, 2.75) is 57.2 Å². The molecule has 0 spiro atoms. The molecule has 24 heavy (non-hydrogen) atoms. The van der Waals surface area contributed by atoms with Crippen molar-refractivity contribution in [1.29, 1.82) is 0 Å². The minimum absolute atomic E-state index is 0.129. The first-order chi connectivity index (χ1) is 11.2. The number of nitrogens with one attached hydrogen (secondary N) is 1. The van der Waals surface area contributed by atoms with Gasteiger partial charge in [-0.1, -0.05) is 13.3 Å². The Morgan fingerprint density at radius 3 is 2.75 bits per heavy atom. The fourth-order valence-electron chi connectivity index (χ4n) is 2.18. The summed E-state index contributed by atoms with van der Waals surface area (Å²) in [6.45, 7) is 1.59. The Labute approximate surface area is 137 Å². The Hall–Kier alpha value is -1.97. The van der Waals surface area contributed by atoms with E-state index in [-0.39, 0.29) is 13.0 Å². The third kappa shape index (κ3) is 5.59. The minimum atomic E-state index is -3.45. The Balaban J connectivity index is 2.58. The van der Waals surface area contributed by atoms with E-state index in [4.69, 9.17) is 9.84 Å². The molecule has 138 valence electrons. The van der Waals surface area contributed by atoms with E-state index in [1.165, 1.54) is 0 Å². The third-order valence-electron chi connectivity index (χ3n) is 3.65. The number of halogens is 2. The highest BCUT2D eigenvalue weighted by Crippen LogP contribution is 2.32. The number of carboxylic acids is 1. The van der Waals surface area contributed by atoms with Gasteiger partial charge in [0.2, 0.25) is 5.91 Å². The molecule has 2 unspecified atom stereocenters. The largest absolute Gasteiger partial charge is 0.480 e. The van der Waals surface area contributed by atoms with Gasteiger partial charge in [0, 0.05) is 19.4 Å². The number of carbonyl (C=O) groups is 3. The van der Waals surface area contributed by atoms with E-state index in [2.05, 4.69) is 5.32 Å². The van der Waals surface area contributed by atoms with Crippen molar-refractivity contribution in [2.75, 3.05) is 13.2 Å². The quantitative estimate of drug-likeness (QED) is 0.560. The summed E-state index contributed by atoms with van der Waals surface area (Å²) >= 11 is 0. The van der Waals surface area contributed by atoms with Crippen LogP contribution in [0, 0.1) is 0 Å². The molecule has 0 bridgehead atoms. The highest BCUT2D eigenvalue weighted by atomic mass is 19.3. The van der Waals surface area contributed by atoms with Crippen LogP contribution in [0.3, 0.4) is 0 Å². The lowest BCUT2D eigenvalue weighted by Crippen LogP contribution is -2.56. The van der Waals surface area contributed by atoms with Gasteiger partial charge in [0.1, 0.15) is 6.04 Å². The normalized spacial score (nSPS) is 21.2. The number of likely N-dealkylation sites (tertiary alicyclic amines) is 1. The van der Waals surface area contributed by atoms with Gasteiger partial charge in [-0.15, -0.1) is 0 Å². The van der Waals surface area contributed by atoms with Crippen molar-refractivity contribution >= 4 is 18.0 Å². The smallest absolute Gasteiger partial charge is 0.407 e. The molecule has 1 aliphatic rings. The molecule has 0 aromatic heterocycles. The molecule has 1 saturated heterocycles. The molecule has 1 fully saturated rings. The highest BCUT2D eigenvalue weighted by molar-refractivity contribution is 5.80. The Morgan fingerprint density at radius 1 is 1.50 bits per heavy atom. The van der Waals surface area contributed by atoms with E-state index in [9.17, 15) is 28.3 Å². The number of alkyl halides is 2. The van der Waals surface area contributed by atoms with Crippen molar-refractivity contribution < 1.29 is 38.1 Å². The van der Waals surface area contributed by atoms with E-state index >= 15 is 0 Å². The maximum Gasteiger partial charge on any atom is 0.407 e. The van der Waals surface area contributed by atoms with Crippen LogP contribution < -0.4 is 5.32 Å². The van der Waals surface area contributed by atoms with Crippen LogP contribution >= 0.6 is 0 Å². The topological polar surface area (TPSA) is 116 Å². The molecule has 10 heteroatoms. The summed E-state index contributed by atoms with van der Waals surface area (Å²) in [5, 5.41) is 20.7. The first-order valence-corrected chi connectivity index (χ1v) is 7.70. The van der Waals surface area contributed by atoms with Crippen LogP contribution in [0.15, 0.2) is 0 Å². The predicted octanol–water partition coefficient (Wildman–Crippen LogP) is 0.932. The standard InChI is InChI=1S/C14H22F2N2O6/c1-2-3-8-24-13(23)17-9(11(20)21)5-7-18-10(19)4-6-14(15,16)12(18)22/h9,12,22H,2-8H2,1H3,(H,17,23)(H,20,21). The number of aliphatic carboxylic acids is 1. The summed E-state index contributed by atoms with van der Waals surface area (Å²) < 4.78 is 31.6. The van der Waals surface area contributed by atoms with Gasteiger partial charge < -0.3 is 25.2 Å². The molecule has 1 heterocycles. The number of aliphatic hydroxyl groups is 1. The maximum atomic E-state index is 13.4. The van der Waals surface area contributed by atoms with Gasteiger partial charge in [-0.05, 0) is 12.8 Å². The average Bonchev–Trinajstić information content (AvgIpc) is 2.50. The van der Waals surface area contributed by atoms with Crippen LogP contribution in [0.2, 0.25) is 0 Å². The molecule has 2 amide bonds. The number of alkyl carbamates (subject to hydrolysis) is 1. The van der Waals surface area contributed by atoms with Crippen LogP contribution in [0.1, 0.15) is 39.0 Å². The predicted molar refractivity (Wildman–Crippen MR) is 77.3 cm³/mol. The van der Waals surface area contributed by atoms with Crippen molar-refractivity contribution in [1.82, 2.24) is 10.2 Å². The van der Waals surface area contributed by atoms with Crippen molar-refractivity contribution in [3.05, 3.63) is 0 Å². The van der Waals surface area contributed by atoms with Gasteiger partial charge >= 0.3 is 12.1 Å². The van der Waals surface area contributed by atoms with Gasteiger partial charge in [0.25, 0.3) is 5.92 Å². The lowest BCUT2D eigenvalue weighted by atomic mass is 10.0. The monoisotopic (exact) mass is 352 g/mol. The molecule has 0 aliphatic carbocycles. The lowest BCUT2D eigenvalue weighted by Gasteiger charge is -2.37. The number of carboxylic acid groups (broad SMARTS) is 1. The second-order valence-corrected chi connectivity index (χ2v) is 5.54. The molecular weight excluding hydrogens is 330 g/mol. The van der Waals surface area contributed by atoms with Gasteiger partial charge in [-0.2, -0.15) is 0 Å². The Kier molecular flexibility index (Phi) is 7.33. The van der Waals surface area contributed by atoms with Gasteiger partial charge in [0.05, 0.1) is 6.61 Å². The first kappa shape index (κ1) is 20.1. The lowest BCUT2D eigenvalue weighted by molar-refractivity contribution is -0.205. The second-order valence-electron chi connectivity index (χ2n) is 5.54. The summed E-state index contributed by atoms with van der Waals surface area (Å²) in [6.07, 6.45) is -3.36. The molecule has 0 aromatic rings. The van der Waals surface area contributed by atoms with E-state index in [1.54, 1.807) is 0 Å². The molecule has 3 N–H and O–H groups in total. The van der Waals surface area contributed by atoms with E-state index in [0.717, 1.165) is 6.42 Å². The summed E-state index contributed by atoms with van der Waals surface area (Å²) in [6, 6.07) is -1.42. The first-order valence-electron chi connectivity index (χ1n) is 7.70. The molecule has 0 aromatic carbocycles. The van der Waals surface area contributed by atoms with Crippen LogP contribution in [0.25, 0.3) is 0 Å². The van der Waals surface area contributed by atoms with Crippen LogP contribution in [-0.4, -0.2) is 64.4 Å². The molecule has 2 atom stereocenters. The Morgan fingerprint density at radius 2 is 2.17 bits per heavy atom. The van der Waals surface area contributed by atoms with E-state index in [1.807, 2.05) is 6.92 Å². The third-order valence-corrected chi connectivity index (χ3v) is 3.65. The zero-order valence-electron chi connectivity index (χ0n) is 13.3. The molecule has 0 radical (unpaired) electrons. The van der Waals surface area contributed by atoms with Crippen molar-refractivity contribution in [2.24, 2.45) is 0 Å². The number of hydrogen-bond acceptors (Lipinski definition) is 5. The number of unbranched alkanes of at least 4 members (excludes halogenated alkanes) is 1. The SMILES string of the molecule is CCCCOC(=O)NC(CCN1C(=O)CCC(F)(F)C1O)C(=O)O. The number of hydrogen-bond donors (Lipinski definition) is 3. The zero-order chi connectivity index (χ0) is 18.3. The average molecular weight is 352 g/mol. The van der Waals surface area contributed by atoms with E-state index < -0.39 is 55.5 Å². The summed E-state index contributed by atoms with van der Waals surface area (Å²) in [5.74, 6) is -5.53. The van der Waals surface area contributed by atoms with Gasteiger partial charge in [-0.3, -0.25) is 4.79 Å². The fraction of sp³-hybridized carbons (Fsp3) is 0.786. The summed E-state index contributed by atoms with van der Waals surface area (Å²) in [7, 11) is 0. The number of amides is 2. The van der Waals surface area contributed by atoms with Crippen LogP contribution in [0.5, 0.6) is 0 Å². The van der Waals surface area contributed by atoms with Crippen LogP contribution in [0.4, 0.5) is 13.6 Å². The van der Waals surface area contributed by atoms with Crippen LogP contribution in [-0.2, 0) is 14.3 Å². The number of aliphatic hydroxyl groups excluding tert-OH is 1. The second kappa shape index (κ2) is 8.76. The molecular formula is C14H22F2N2O6. The van der Waals surface area contributed by atoms with Gasteiger partial charge in [0.15, 0.2) is 6.23 Å². The number of rotatable bonds is 8. The number of ether oxygens (including phenoxy) is 1. The molecule has 0 saturated carbocycles. The van der Waals surface area contributed by atoms with Crippen molar-refractivity contribution in [3.63, 3.8) is 0 Å². The number of nitrogens with zero attached hydrogens (tertiary/aromatic N) is 1. The maximum absolute atomic E-state index is 13.4. The van der Waals surface area contributed by atoms with Gasteiger partial charge in [-0.25, -0.2) is 18.4 Å². The molecule has 1 aliphatic heterocycles. The van der Waals surface area contributed by atoms with E-state index in [0.29, 0.717) is 11.3 Å². The zero-order valence-corrected chi connectivity index (χ0v) is 13.3. The number of piperidine rings is 1. The Bertz CT molecular complexity index is 474. The highest BCUT2D eigenvalue weighted by Gasteiger charge is 2.48. The number of carbonyl (C=O) groups excluding carboxylic acids is 2.